The van der Waals surface area contributed by atoms with Crippen molar-refractivity contribution in [2.24, 2.45) is 0 Å². The van der Waals surface area contributed by atoms with Gasteiger partial charge >= 0.3 is 0 Å². The van der Waals surface area contributed by atoms with Crippen molar-refractivity contribution in [2.45, 2.75) is 17.9 Å². The Morgan fingerprint density at radius 2 is 1.76 bits per heavy atom. The van der Waals surface area contributed by atoms with Gasteiger partial charge in [-0.15, -0.1) is 11.8 Å². The van der Waals surface area contributed by atoms with Crippen LogP contribution in [0.15, 0.2) is 64.0 Å². The maximum Gasteiger partial charge on any atom is 0.223 e. The minimum atomic E-state index is 0.179. The Morgan fingerprint density at radius 1 is 1.10 bits per heavy atom. The average Bonchev–Trinajstić information content (AvgIpc) is 2.50. The van der Waals surface area contributed by atoms with Crippen molar-refractivity contribution >= 4 is 33.6 Å². The van der Waals surface area contributed by atoms with Crippen molar-refractivity contribution in [3.63, 3.8) is 0 Å². The Balaban J connectivity index is 1.78. The number of nitrogens with zero attached hydrogens (tertiary/aromatic N) is 1. The summed E-state index contributed by atoms with van der Waals surface area (Å²) in [4.78, 5) is 15.1. The van der Waals surface area contributed by atoms with Crippen LogP contribution in [0.25, 0.3) is 0 Å². The SMILES string of the molecule is CN(Cc1ccccc1)C(=O)CCSc1ccccc1Br. The van der Waals surface area contributed by atoms with Crippen molar-refractivity contribution in [3.8, 4) is 0 Å². The van der Waals surface area contributed by atoms with E-state index in [4.69, 9.17) is 0 Å². The van der Waals surface area contributed by atoms with Crippen LogP contribution in [0.2, 0.25) is 0 Å². The molecule has 2 aromatic carbocycles. The van der Waals surface area contributed by atoms with E-state index in [1.807, 2.05) is 55.6 Å². The number of carbonyl (C=O) groups excluding carboxylic acids is 1. The lowest BCUT2D eigenvalue weighted by atomic mass is 10.2. The second-order valence-electron chi connectivity index (χ2n) is 4.76. The molecule has 0 fully saturated rings. The summed E-state index contributed by atoms with van der Waals surface area (Å²) in [6.45, 7) is 0.666. The van der Waals surface area contributed by atoms with Gasteiger partial charge in [0.25, 0.3) is 0 Å². The van der Waals surface area contributed by atoms with E-state index < -0.39 is 0 Å². The van der Waals surface area contributed by atoms with Crippen LogP contribution in [-0.2, 0) is 11.3 Å². The van der Waals surface area contributed by atoms with Crippen LogP contribution in [0.5, 0.6) is 0 Å². The van der Waals surface area contributed by atoms with Gasteiger partial charge < -0.3 is 4.90 Å². The van der Waals surface area contributed by atoms with Gasteiger partial charge in [0, 0.05) is 35.1 Å². The third kappa shape index (κ3) is 5.21. The third-order valence-electron chi connectivity index (χ3n) is 3.10. The molecule has 4 heteroatoms. The fourth-order valence-corrected chi connectivity index (χ4v) is 3.45. The van der Waals surface area contributed by atoms with E-state index in [1.54, 1.807) is 16.7 Å². The largest absolute Gasteiger partial charge is 0.341 e. The summed E-state index contributed by atoms with van der Waals surface area (Å²) >= 11 is 5.23. The van der Waals surface area contributed by atoms with Crippen molar-refractivity contribution < 1.29 is 4.79 Å². The van der Waals surface area contributed by atoms with Crippen LogP contribution in [0.1, 0.15) is 12.0 Å². The average molecular weight is 364 g/mol. The molecule has 0 heterocycles. The van der Waals surface area contributed by atoms with E-state index in [9.17, 15) is 4.79 Å². The van der Waals surface area contributed by atoms with Gasteiger partial charge in [-0.3, -0.25) is 4.79 Å². The summed E-state index contributed by atoms with van der Waals surface area (Å²) in [7, 11) is 1.86. The van der Waals surface area contributed by atoms with Crippen LogP contribution >= 0.6 is 27.7 Å². The summed E-state index contributed by atoms with van der Waals surface area (Å²) in [5.41, 5.74) is 1.16. The minimum absolute atomic E-state index is 0.179. The maximum atomic E-state index is 12.1. The summed E-state index contributed by atoms with van der Waals surface area (Å²) in [5, 5.41) is 0. The molecule has 0 saturated carbocycles. The highest BCUT2D eigenvalue weighted by molar-refractivity contribution is 9.10. The first-order valence-electron chi connectivity index (χ1n) is 6.82. The lowest BCUT2D eigenvalue weighted by Crippen LogP contribution is -2.26. The molecule has 0 atom stereocenters. The summed E-state index contributed by atoms with van der Waals surface area (Å²) in [6, 6.07) is 18.1. The number of amides is 1. The van der Waals surface area contributed by atoms with Gasteiger partial charge in [-0.05, 0) is 33.6 Å². The molecular weight excluding hydrogens is 346 g/mol. The Hall–Kier alpha value is -1.26. The number of halogens is 1. The molecule has 0 unspecified atom stereocenters. The topological polar surface area (TPSA) is 20.3 Å². The molecule has 0 aromatic heterocycles. The molecule has 0 N–H and O–H groups in total. The standard InChI is InChI=1S/C17H18BrNOS/c1-19(13-14-7-3-2-4-8-14)17(20)11-12-21-16-10-6-5-9-15(16)18/h2-10H,11-13H2,1H3. The first kappa shape index (κ1) is 16.1. The molecular formula is C17H18BrNOS. The summed E-state index contributed by atoms with van der Waals surface area (Å²) < 4.78 is 1.08. The molecule has 0 saturated heterocycles. The molecule has 1 amide bonds. The maximum absolute atomic E-state index is 12.1. The van der Waals surface area contributed by atoms with Gasteiger partial charge in [-0.2, -0.15) is 0 Å². The molecule has 0 aliphatic heterocycles. The van der Waals surface area contributed by atoms with Crippen molar-refractivity contribution in [2.75, 3.05) is 12.8 Å². The first-order valence-corrected chi connectivity index (χ1v) is 8.60. The Morgan fingerprint density at radius 3 is 2.48 bits per heavy atom. The lowest BCUT2D eigenvalue weighted by molar-refractivity contribution is -0.129. The van der Waals surface area contributed by atoms with Crippen molar-refractivity contribution in [1.29, 1.82) is 0 Å². The fourth-order valence-electron chi connectivity index (χ4n) is 1.95. The van der Waals surface area contributed by atoms with E-state index in [0.717, 1.165) is 15.8 Å². The predicted molar refractivity (Wildman–Crippen MR) is 92.4 cm³/mol. The Bertz CT molecular complexity index is 588. The monoisotopic (exact) mass is 363 g/mol. The van der Waals surface area contributed by atoms with E-state index in [2.05, 4.69) is 22.0 Å². The predicted octanol–water partition coefficient (Wildman–Crippen LogP) is 4.59. The second kappa shape index (κ2) is 8.25. The van der Waals surface area contributed by atoms with Gasteiger partial charge in [-0.25, -0.2) is 0 Å². The van der Waals surface area contributed by atoms with Gasteiger partial charge in [-0.1, -0.05) is 42.5 Å². The highest BCUT2D eigenvalue weighted by atomic mass is 79.9. The minimum Gasteiger partial charge on any atom is -0.341 e. The molecule has 0 aliphatic rings. The number of hydrogen-bond donors (Lipinski definition) is 0. The molecule has 0 bridgehead atoms. The molecule has 0 spiro atoms. The highest BCUT2D eigenvalue weighted by Gasteiger charge is 2.09. The zero-order chi connectivity index (χ0) is 15.1. The van der Waals surface area contributed by atoms with Crippen molar-refractivity contribution in [1.82, 2.24) is 4.90 Å². The van der Waals surface area contributed by atoms with Gasteiger partial charge in [0.1, 0.15) is 0 Å². The van der Waals surface area contributed by atoms with Crippen LogP contribution in [0.3, 0.4) is 0 Å². The van der Waals surface area contributed by atoms with Crippen molar-refractivity contribution in [3.05, 3.63) is 64.6 Å². The number of rotatable bonds is 6. The molecule has 21 heavy (non-hydrogen) atoms. The van der Waals surface area contributed by atoms with Crippen LogP contribution in [0, 0.1) is 0 Å². The fraction of sp³-hybridized carbons (Fsp3) is 0.235. The van der Waals surface area contributed by atoms with Crippen LogP contribution in [0.4, 0.5) is 0 Å². The second-order valence-corrected chi connectivity index (χ2v) is 6.76. The van der Waals surface area contributed by atoms with E-state index in [1.165, 1.54) is 4.90 Å². The van der Waals surface area contributed by atoms with Gasteiger partial charge in [0.2, 0.25) is 5.91 Å². The number of hydrogen-bond acceptors (Lipinski definition) is 2. The van der Waals surface area contributed by atoms with E-state index in [-0.39, 0.29) is 5.91 Å². The number of benzene rings is 2. The van der Waals surface area contributed by atoms with Crippen LogP contribution < -0.4 is 0 Å². The summed E-state index contributed by atoms with van der Waals surface area (Å²) in [6.07, 6.45) is 0.551. The molecule has 110 valence electrons. The molecule has 2 nitrogen and oxygen atoms in total. The zero-order valence-corrected chi connectivity index (χ0v) is 14.4. The summed E-state index contributed by atoms with van der Waals surface area (Å²) in [5.74, 6) is 0.971. The molecule has 0 radical (unpaired) electrons. The third-order valence-corrected chi connectivity index (χ3v) is 5.13. The van der Waals surface area contributed by atoms with E-state index >= 15 is 0 Å². The van der Waals surface area contributed by atoms with Crippen LogP contribution in [-0.4, -0.2) is 23.6 Å². The molecule has 2 rings (SSSR count). The smallest absolute Gasteiger partial charge is 0.223 e. The van der Waals surface area contributed by atoms with E-state index in [0.29, 0.717) is 13.0 Å². The molecule has 0 aliphatic carbocycles. The zero-order valence-electron chi connectivity index (χ0n) is 12.0. The Kier molecular flexibility index (Phi) is 6.33. The highest BCUT2D eigenvalue weighted by Crippen LogP contribution is 2.27. The first-order chi connectivity index (χ1) is 10.2. The normalized spacial score (nSPS) is 10.4. The number of carbonyl (C=O) groups is 1. The Labute approximate surface area is 138 Å². The quantitative estimate of drug-likeness (QED) is 0.699. The molecule has 2 aromatic rings. The van der Waals surface area contributed by atoms with Gasteiger partial charge in [0.05, 0.1) is 0 Å². The number of thioether (sulfide) groups is 1. The lowest BCUT2D eigenvalue weighted by Gasteiger charge is -2.17. The van der Waals surface area contributed by atoms with Gasteiger partial charge in [0.15, 0.2) is 0 Å².